The summed E-state index contributed by atoms with van der Waals surface area (Å²) in [5.41, 5.74) is 2.08. The van der Waals surface area contributed by atoms with Gasteiger partial charge in [-0.2, -0.15) is 14.6 Å². The van der Waals surface area contributed by atoms with Gasteiger partial charge in [0.05, 0.1) is 0 Å². The number of anilines is 1. The summed E-state index contributed by atoms with van der Waals surface area (Å²) in [6.45, 7) is 6.20. The topological polar surface area (TPSA) is 66.6 Å². The Morgan fingerprint density at radius 1 is 1.12 bits per heavy atom. The molecule has 1 fully saturated rings. The molecule has 1 saturated heterocycles. The second kappa shape index (κ2) is 6.36. The summed E-state index contributed by atoms with van der Waals surface area (Å²) in [5, 5.41) is 4.24. The maximum Gasteiger partial charge on any atom is 0.254 e. The van der Waals surface area contributed by atoms with Crippen LogP contribution in [0.15, 0.2) is 30.6 Å². The number of rotatable bonds is 2. The van der Waals surface area contributed by atoms with Gasteiger partial charge in [-0.25, -0.2) is 9.37 Å². The lowest BCUT2D eigenvalue weighted by atomic mass is 10.1. The molecule has 3 aromatic rings. The van der Waals surface area contributed by atoms with Gasteiger partial charge in [-0.3, -0.25) is 4.79 Å². The van der Waals surface area contributed by atoms with E-state index in [4.69, 9.17) is 0 Å². The van der Waals surface area contributed by atoms with Crippen LogP contribution in [-0.2, 0) is 0 Å². The van der Waals surface area contributed by atoms with E-state index in [0.717, 1.165) is 17.1 Å². The van der Waals surface area contributed by atoms with Crippen LogP contribution in [-0.4, -0.2) is 56.6 Å². The Morgan fingerprint density at radius 2 is 1.88 bits per heavy atom. The van der Waals surface area contributed by atoms with E-state index in [0.29, 0.717) is 37.5 Å². The van der Waals surface area contributed by atoms with E-state index >= 15 is 0 Å². The van der Waals surface area contributed by atoms with E-state index in [9.17, 15) is 9.18 Å². The third-order valence-electron chi connectivity index (χ3n) is 4.68. The van der Waals surface area contributed by atoms with Gasteiger partial charge >= 0.3 is 0 Å². The van der Waals surface area contributed by atoms with Crippen LogP contribution < -0.4 is 4.90 Å². The predicted octanol–water partition coefficient (Wildman–Crippen LogP) is 1.84. The van der Waals surface area contributed by atoms with E-state index in [1.807, 2.05) is 19.9 Å². The van der Waals surface area contributed by atoms with E-state index in [1.165, 1.54) is 18.5 Å². The number of aromatic nitrogens is 4. The van der Waals surface area contributed by atoms with Crippen molar-refractivity contribution in [1.29, 1.82) is 0 Å². The van der Waals surface area contributed by atoms with Crippen molar-refractivity contribution >= 4 is 17.5 Å². The van der Waals surface area contributed by atoms with Gasteiger partial charge in [0.15, 0.2) is 0 Å². The molecule has 0 atom stereocenters. The van der Waals surface area contributed by atoms with E-state index in [-0.39, 0.29) is 5.91 Å². The number of piperazine rings is 1. The Balaban J connectivity index is 1.53. The zero-order valence-electron chi connectivity index (χ0n) is 14.7. The Morgan fingerprint density at radius 3 is 2.65 bits per heavy atom. The van der Waals surface area contributed by atoms with Crippen LogP contribution in [0.25, 0.3) is 5.78 Å². The van der Waals surface area contributed by atoms with E-state index < -0.39 is 5.82 Å². The molecule has 0 aliphatic carbocycles. The third-order valence-corrected chi connectivity index (χ3v) is 4.68. The van der Waals surface area contributed by atoms with Crippen molar-refractivity contribution in [2.45, 2.75) is 13.8 Å². The average Bonchev–Trinajstić information content (AvgIpc) is 3.11. The maximum absolute atomic E-state index is 13.5. The molecule has 3 heterocycles. The number of carbonyl (C=O) groups is 1. The number of aryl methyl sites for hydroxylation is 2. The van der Waals surface area contributed by atoms with Crippen LogP contribution in [0.4, 0.5) is 10.2 Å². The number of hydrogen-bond donors (Lipinski definition) is 0. The Kier molecular flexibility index (Phi) is 4.02. The van der Waals surface area contributed by atoms with Gasteiger partial charge in [-0.1, -0.05) is 6.07 Å². The van der Waals surface area contributed by atoms with Crippen molar-refractivity contribution in [1.82, 2.24) is 24.5 Å². The summed E-state index contributed by atoms with van der Waals surface area (Å²) in [4.78, 5) is 25.2. The lowest BCUT2D eigenvalue weighted by Gasteiger charge is -2.36. The smallest absolute Gasteiger partial charge is 0.254 e. The molecule has 1 aliphatic heterocycles. The third kappa shape index (κ3) is 2.87. The van der Waals surface area contributed by atoms with Crippen molar-refractivity contribution in [3.8, 4) is 0 Å². The second-order valence-electron chi connectivity index (χ2n) is 6.47. The molecule has 26 heavy (non-hydrogen) atoms. The fourth-order valence-electron chi connectivity index (χ4n) is 3.27. The number of amides is 1. The van der Waals surface area contributed by atoms with Crippen LogP contribution in [0.5, 0.6) is 0 Å². The molecule has 7 nitrogen and oxygen atoms in total. The van der Waals surface area contributed by atoms with Gasteiger partial charge < -0.3 is 9.80 Å². The van der Waals surface area contributed by atoms with Crippen molar-refractivity contribution in [2.75, 3.05) is 31.1 Å². The maximum atomic E-state index is 13.5. The van der Waals surface area contributed by atoms with Crippen molar-refractivity contribution in [2.24, 2.45) is 0 Å². The molecular formula is C18H19FN6O. The van der Waals surface area contributed by atoms with Gasteiger partial charge in [0, 0.05) is 43.5 Å². The summed E-state index contributed by atoms with van der Waals surface area (Å²) in [5.74, 6) is 0.963. The first kappa shape index (κ1) is 16.4. The molecule has 0 N–H and O–H groups in total. The first-order chi connectivity index (χ1) is 12.5. The first-order valence-electron chi connectivity index (χ1n) is 8.51. The highest BCUT2D eigenvalue weighted by molar-refractivity contribution is 5.95. The summed E-state index contributed by atoms with van der Waals surface area (Å²) < 4.78 is 15.2. The van der Waals surface area contributed by atoms with Crippen LogP contribution in [0, 0.1) is 19.7 Å². The van der Waals surface area contributed by atoms with Crippen LogP contribution in [0.3, 0.4) is 0 Å². The molecule has 0 radical (unpaired) electrons. The molecule has 1 amide bonds. The number of carbonyl (C=O) groups excluding carboxylic acids is 1. The fourth-order valence-corrected chi connectivity index (χ4v) is 3.27. The highest BCUT2D eigenvalue weighted by Crippen LogP contribution is 2.20. The second-order valence-corrected chi connectivity index (χ2v) is 6.47. The molecule has 0 unspecified atom stereocenters. The molecule has 0 bridgehead atoms. The summed E-state index contributed by atoms with van der Waals surface area (Å²) >= 11 is 0. The lowest BCUT2D eigenvalue weighted by molar-refractivity contribution is 0.0745. The predicted molar refractivity (Wildman–Crippen MR) is 94.8 cm³/mol. The molecule has 0 saturated carbocycles. The molecule has 8 heteroatoms. The zero-order valence-corrected chi connectivity index (χ0v) is 14.7. The normalized spacial score (nSPS) is 14.9. The molecule has 2 aromatic heterocycles. The quantitative estimate of drug-likeness (QED) is 0.703. The summed E-state index contributed by atoms with van der Waals surface area (Å²) in [7, 11) is 0. The highest BCUT2D eigenvalue weighted by atomic mass is 19.1. The largest absolute Gasteiger partial charge is 0.353 e. The first-order valence-corrected chi connectivity index (χ1v) is 8.51. The zero-order chi connectivity index (χ0) is 18.3. The van der Waals surface area contributed by atoms with Gasteiger partial charge in [-0.05, 0) is 31.5 Å². The Bertz CT molecular complexity index is 977. The monoisotopic (exact) mass is 354 g/mol. The van der Waals surface area contributed by atoms with Crippen molar-refractivity contribution in [3.63, 3.8) is 0 Å². The van der Waals surface area contributed by atoms with Crippen molar-refractivity contribution in [3.05, 3.63) is 53.2 Å². The Labute approximate surface area is 150 Å². The van der Waals surface area contributed by atoms with Crippen LogP contribution in [0.2, 0.25) is 0 Å². The van der Waals surface area contributed by atoms with Crippen LogP contribution >= 0.6 is 0 Å². The highest BCUT2D eigenvalue weighted by Gasteiger charge is 2.25. The van der Waals surface area contributed by atoms with Gasteiger partial charge in [0.2, 0.25) is 0 Å². The van der Waals surface area contributed by atoms with Crippen molar-refractivity contribution < 1.29 is 9.18 Å². The molecule has 0 spiro atoms. The Hall–Kier alpha value is -3.03. The van der Waals surface area contributed by atoms with E-state index in [1.54, 1.807) is 15.5 Å². The number of hydrogen-bond acceptors (Lipinski definition) is 5. The molecule has 134 valence electrons. The van der Waals surface area contributed by atoms with Gasteiger partial charge in [-0.15, -0.1) is 0 Å². The molecule has 1 aromatic carbocycles. The van der Waals surface area contributed by atoms with E-state index in [2.05, 4.69) is 20.0 Å². The number of benzene rings is 1. The SMILES string of the molecule is Cc1cc(N2CCN(C(=O)c3cc(F)ccc3C)CC2)n2ncnc2n1. The number of nitrogens with zero attached hydrogens (tertiary/aromatic N) is 6. The lowest BCUT2D eigenvalue weighted by Crippen LogP contribution is -2.49. The molecule has 1 aliphatic rings. The van der Waals surface area contributed by atoms with Gasteiger partial charge in [0.25, 0.3) is 11.7 Å². The number of fused-ring (bicyclic) bond motifs is 1. The van der Waals surface area contributed by atoms with Crippen LogP contribution in [0.1, 0.15) is 21.6 Å². The number of halogens is 1. The molecule has 4 rings (SSSR count). The summed E-state index contributed by atoms with van der Waals surface area (Å²) in [6.07, 6.45) is 1.48. The summed E-state index contributed by atoms with van der Waals surface area (Å²) in [6, 6.07) is 6.30. The minimum Gasteiger partial charge on any atom is -0.353 e. The average molecular weight is 354 g/mol. The standard InChI is InChI=1S/C18H19FN6O/c1-12-3-4-14(19)10-15(12)17(26)24-7-5-23(6-8-24)16-9-13(2)22-18-20-11-21-25(16)18/h3-4,9-11H,5-8H2,1-2H3. The molecular weight excluding hydrogens is 335 g/mol. The fraction of sp³-hybridized carbons (Fsp3) is 0.333. The van der Waals surface area contributed by atoms with Gasteiger partial charge in [0.1, 0.15) is 18.0 Å². The minimum absolute atomic E-state index is 0.126. The minimum atomic E-state index is -0.390.